The van der Waals surface area contributed by atoms with E-state index >= 15 is 0 Å². The molecule has 136 valence electrons. The first-order valence-electron chi connectivity index (χ1n) is 8.09. The Kier molecular flexibility index (Phi) is 5.57. The van der Waals surface area contributed by atoms with Gasteiger partial charge in [-0.2, -0.15) is 0 Å². The zero-order valence-electron chi connectivity index (χ0n) is 13.8. The molecule has 9 heteroatoms. The zero-order valence-corrected chi connectivity index (χ0v) is 14.6. The van der Waals surface area contributed by atoms with Crippen molar-refractivity contribution in [3.8, 4) is 0 Å². The van der Waals surface area contributed by atoms with Crippen molar-refractivity contribution in [2.75, 3.05) is 17.2 Å². The number of carbonyl (C=O) groups is 3. The summed E-state index contributed by atoms with van der Waals surface area (Å²) in [6.45, 7) is 0.590. The Labute approximate surface area is 153 Å². The molecule has 2 aromatic rings. The maximum atomic E-state index is 12.9. The standard InChI is InChI=1S/C17H17FN4O3S/c18-10-3-5-11(6-4-10)20-14(23)8-12-9-26-17(21-12)22-16(25)13-2-1-7-19-15(13)24/h3-6,9,13H,1-2,7-8H2,(H,19,24)(H,20,23)(H,21,22,25). The molecule has 1 aromatic heterocycles. The van der Waals surface area contributed by atoms with Crippen LogP contribution in [0.5, 0.6) is 0 Å². The van der Waals surface area contributed by atoms with E-state index in [2.05, 4.69) is 20.9 Å². The number of anilines is 2. The SMILES string of the molecule is O=C(Cc1csc(NC(=O)C2CCCNC2=O)n1)Nc1ccc(F)cc1. The summed E-state index contributed by atoms with van der Waals surface area (Å²) in [5.74, 6) is -2.05. The van der Waals surface area contributed by atoms with Crippen molar-refractivity contribution in [2.45, 2.75) is 19.3 Å². The summed E-state index contributed by atoms with van der Waals surface area (Å²) in [4.78, 5) is 40.1. The van der Waals surface area contributed by atoms with E-state index in [1.807, 2.05) is 0 Å². The molecule has 0 saturated carbocycles. The monoisotopic (exact) mass is 376 g/mol. The van der Waals surface area contributed by atoms with Gasteiger partial charge in [-0.15, -0.1) is 11.3 Å². The Hall–Kier alpha value is -2.81. The molecule has 0 spiro atoms. The van der Waals surface area contributed by atoms with Gasteiger partial charge in [0.1, 0.15) is 11.7 Å². The Bertz CT molecular complexity index is 822. The topological polar surface area (TPSA) is 100 Å². The zero-order chi connectivity index (χ0) is 18.5. The van der Waals surface area contributed by atoms with Gasteiger partial charge in [0, 0.05) is 17.6 Å². The average molecular weight is 376 g/mol. The predicted octanol–water partition coefficient (Wildman–Crippen LogP) is 1.93. The summed E-state index contributed by atoms with van der Waals surface area (Å²) in [6, 6.07) is 5.45. The smallest absolute Gasteiger partial charge is 0.238 e. The maximum Gasteiger partial charge on any atom is 0.238 e. The van der Waals surface area contributed by atoms with E-state index in [0.717, 1.165) is 6.42 Å². The minimum absolute atomic E-state index is 0.0215. The van der Waals surface area contributed by atoms with Crippen LogP contribution in [0, 0.1) is 11.7 Å². The molecule has 0 bridgehead atoms. The molecule has 3 amide bonds. The quantitative estimate of drug-likeness (QED) is 0.694. The minimum Gasteiger partial charge on any atom is -0.355 e. The van der Waals surface area contributed by atoms with Crippen LogP contribution in [-0.4, -0.2) is 29.3 Å². The van der Waals surface area contributed by atoms with Gasteiger partial charge in [-0.05, 0) is 37.1 Å². The third kappa shape index (κ3) is 4.63. The van der Waals surface area contributed by atoms with Crippen molar-refractivity contribution in [1.82, 2.24) is 10.3 Å². The van der Waals surface area contributed by atoms with Crippen molar-refractivity contribution in [3.63, 3.8) is 0 Å². The normalized spacial score (nSPS) is 16.7. The number of rotatable bonds is 5. The molecule has 1 fully saturated rings. The van der Waals surface area contributed by atoms with Crippen LogP contribution >= 0.6 is 11.3 Å². The number of hydrogen-bond acceptors (Lipinski definition) is 5. The van der Waals surface area contributed by atoms with Crippen molar-refractivity contribution in [3.05, 3.63) is 41.2 Å². The number of aromatic nitrogens is 1. The van der Waals surface area contributed by atoms with Gasteiger partial charge in [0.05, 0.1) is 12.1 Å². The van der Waals surface area contributed by atoms with Crippen molar-refractivity contribution >= 4 is 39.9 Å². The highest BCUT2D eigenvalue weighted by molar-refractivity contribution is 7.13. The molecule has 7 nitrogen and oxygen atoms in total. The number of benzene rings is 1. The Morgan fingerprint density at radius 3 is 2.77 bits per heavy atom. The van der Waals surface area contributed by atoms with Crippen LogP contribution in [-0.2, 0) is 20.8 Å². The summed E-state index contributed by atoms with van der Waals surface area (Å²) in [5.41, 5.74) is 0.987. The molecule has 0 radical (unpaired) electrons. The van der Waals surface area contributed by atoms with E-state index in [1.165, 1.54) is 35.6 Å². The lowest BCUT2D eigenvalue weighted by atomic mass is 9.98. The molecule has 1 aromatic carbocycles. The number of thiazole rings is 1. The second kappa shape index (κ2) is 8.05. The van der Waals surface area contributed by atoms with Gasteiger partial charge < -0.3 is 16.0 Å². The molecule has 1 aliphatic heterocycles. The first kappa shape index (κ1) is 18.0. The van der Waals surface area contributed by atoms with E-state index in [9.17, 15) is 18.8 Å². The van der Waals surface area contributed by atoms with Crippen LogP contribution in [0.4, 0.5) is 15.2 Å². The molecular formula is C17H17FN4O3S. The van der Waals surface area contributed by atoms with E-state index in [1.54, 1.807) is 5.38 Å². The number of piperidine rings is 1. The van der Waals surface area contributed by atoms with E-state index < -0.39 is 5.92 Å². The highest BCUT2D eigenvalue weighted by atomic mass is 32.1. The predicted molar refractivity (Wildman–Crippen MR) is 95.2 cm³/mol. The van der Waals surface area contributed by atoms with Crippen molar-refractivity contribution in [1.29, 1.82) is 0 Å². The summed E-state index contributed by atoms with van der Waals surface area (Å²) in [5, 5.41) is 9.95. The van der Waals surface area contributed by atoms with Crippen LogP contribution in [0.1, 0.15) is 18.5 Å². The van der Waals surface area contributed by atoms with E-state index in [-0.39, 0.29) is 30.0 Å². The lowest BCUT2D eigenvalue weighted by molar-refractivity contribution is -0.134. The van der Waals surface area contributed by atoms with Gasteiger partial charge >= 0.3 is 0 Å². The third-order valence-electron chi connectivity index (χ3n) is 3.85. The molecule has 3 N–H and O–H groups in total. The van der Waals surface area contributed by atoms with Gasteiger partial charge in [0.25, 0.3) is 0 Å². The minimum atomic E-state index is -0.710. The maximum absolute atomic E-state index is 12.9. The van der Waals surface area contributed by atoms with Crippen LogP contribution < -0.4 is 16.0 Å². The van der Waals surface area contributed by atoms with E-state index in [4.69, 9.17) is 0 Å². The summed E-state index contributed by atoms with van der Waals surface area (Å²) >= 11 is 1.19. The molecule has 1 saturated heterocycles. The molecule has 26 heavy (non-hydrogen) atoms. The second-order valence-electron chi connectivity index (χ2n) is 5.85. The van der Waals surface area contributed by atoms with Gasteiger partial charge in [-0.25, -0.2) is 9.37 Å². The number of amides is 3. The van der Waals surface area contributed by atoms with Gasteiger partial charge in [0.15, 0.2) is 5.13 Å². The van der Waals surface area contributed by atoms with Gasteiger partial charge in [-0.1, -0.05) is 0 Å². The summed E-state index contributed by atoms with van der Waals surface area (Å²) < 4.78 is 12.9. The molecule has 0 aliphatic carbocycles. The highest BCUT2D eigenvalue weighted by Crippen LogP contribution is 2.19. The number of carbonyl (C=O) groups excluding carboxylic acids is 3. The Balaban J connectivity index is 1.54. The fraction of sp³-hybridized carbons (Fsp3) is 0.294. The van der Waals surface area contributed by atoms with Gasteiger partial charge in [0.2, 0.25) is 17.7 Å². The Morgan fingerprint density at radius 1 is 1.27 bits per heavy atom. The number of halogens is 1. The number of nitrogens with zero attached hydrogens (tertiary/aromatic N) is 1. The largest absolute Gasteiger partial charge is 0.355 e. The van der Waals surface area contributed by atoms with Gasteiger partial charge in [-0.3, -0.25) is 14.4 Å². The molecule has 1 aliphatic rings. The van der Waals surface area contributed by atoms with Crippen LogP contribution in [0.3, 0.4) is 0 Å². The average Bonchev–Trinajstić information content (AvgIpc) is 3.04. The molecule has 1 atom stereocenters. The number of hydrogen-bond donors (Lipinski definition) is 3. The molecule has 1 unspecified atom stereocenters. The number of nitrogens with one attached hydrogen (secondary N) is 3. The fourth-order valence-corrected chi connectivity index (χ4v) is 3.28. The summed E-state index contributed by atoms with van der Waals surface area (Å²) in [7, 11) is 0. The third-order valence-corrected chi connectivity index (χ3v) is 4.66. The first-order valence-corrected chi connectivity index (χ1v) is 8.97. The Morgan fingerprint density at radius 2 is 2.04 bits per heavy atom. The summed E-state index contributed by atoms with van der Waals surface area (Å²) in [6.07, 6.45) is 1.29. The molecular weight excluding hydrogens is 359 g/mol. The van der Waals surface area contributed by atoms with Crippen LogP contribution in [0.15, 0.2) is 29.6 Å². The first-order chi connectivity index (χ1) is 12.5. The molecule has 2 heterocycles. The van der Waals surface area contributed by atoms with Crippen LogP contribution in [0.25, 0.3) is 0 Å². The van der Waals surface area contributed by atoms with Crippen molar-refractivity contribution in [2.24, 2.45) is 5.92 Å². The highest BCUT2D eigenvalue weighted by Gasteiger charge is 2.29. The fourth-order valence-electron chi connectivity index (χ4n) is 2.56. The van der Waals surface area contributed by atoms with Crippen molar-refractivity contribution < 1.29 is 18.8 Å². The molecule has 3 rings (SSSR count). The van der Waals surface area contributed by atoms with Crippen LogP contribution in [0.2, 0.25) is 0 Å². The second-order valence-corrected chi connectivity index (χ2v) is 6.71. The lowest BCUT2D eigenvalue weighted by Gasteiger charge is -2.20. The van der Waals surface area contributed by atoms with E-state index in [0.29, 0.717) is 29.5 Å². The lowest BCUT2D eigenvalue weighted by Crippen LogP contribution is -2.42.